The van der Waals surface area contributed by atoms with Gasteiger partial charge in [-0.15, -0.1) is 11.3 Å². The van der Waals surface area contributed by atoms with Crippen LogP contribution in [-0.4, -0.2) is 18.3 Å². The van der Waals surface area contributed by atoms with Gasteiger partial charge in [-0.25, -0.2) is 0 Å². The second kappa shape index (κ2) is 3.92. The van der Waals surface area contributed by atoms with Crippen LogP contribution in [0.2, 0.25) is 0 Å². The highest BCUT2D eigenvalue weighted by Crippen LogP contribution is 2.19. The van der Waals surface area contributed by atoms with Gasteiger partial charge in [-0.1, -0.05) is 13.8 Å². The molecule has 12 heavy (non-hydrogen) atoms. The third-order valence-corrected chi connectivity index (χ3v) is 2.52. The van der Waals surface area contributed by atoms with Gasteiger partial charge in [0.15, 0.2) is 0 Å². The van der Waals surface area contributed by atoms with Crippen LogP contribution >= 0.6 is 11.3 Å². The van der Waals surface area contributed by atoms with E-state index in [9.17, 15) is 0 Å². The van der Waals surface area contributed by atoms with Crippen molar-refractivity contribution in [2.45, 2.75) is 13.8 Å². The quantitative estimate of drug-likeness (QED) is 0.753. The summed E-state index contributed by atoms with van der Waals surface area (Å²) in [6, 6.07) is 4.05. The van der Waals surface area contributed by atoms with Crippen LogP contribution in [0.1, 0.15) is 13.8 Å². The van der Waals surface area contributed by atoms with Gasteiger partial charge in [0.1, 0.15) is 0 Å². The number of aliphatic hydroxyl groups is 1. The van der Waals surface area contributed by atoms with Crippen molar-refractivity contribution in [3.8, 4) is 0 Å². The summed E-state index contributed by atoms with van der Waals surface area (Å²) in [6.45, 7) is 5.09. The zero-order valence-electron chi connectivity index (χ0n) is 7.50. The fourth-order valence-electron chi connectivity index (χ4n) is 0.761. The van der Waals surface area contributed by atoms with Crippen molar-refractivity contribution in [3.63, 3.8) is 0 Å². The summed E-state index contributed by atoms with van der Waals surface area (Å²) in [5, 5.41) is 15.5. The van der Waals surface area contributed by atoms with Crippen LogP contribution < -0.4 is 5.32 Å². The van der Waals surface area contributed by atoms with E-state index in [1.165, 1.54) is 0 Å². The molecule has 68 valence electrons. The number of aliphatic hydroxyl groups excluding tert-OH is 1. The maximum atomic E-state index is 8.99. The summed E-state index contributed by atoms with van der Waals surface area (Å²) < 4.78 is 0. The lowest BCUT2D eigenvalue weighted by Gasteiger charge is -2.21. The van der Waals surface area contributed by atoms with Gasteiger partial charge >= 0.3 is 0 Å². The summed E-state index contributed by atoms with van der Waals surface area (Å²) in [5.41, 5.74) is -0.0377. The molecule has 0 fully saturated rings. The molecule has 1 heterocycles. The highest BCUT2D eigenvalue weighted by molar-refractivity contribution is 7.14. The molecule has 0 saturated heterocycles. The number of nitrogens with one attached hydrogen (secondary N) is 1. The Balaban J connectivity index is 2.36. The molecular formula is C9H15NOS. The molecule has 2 nitrogen and oxygen atoms in total. The molecule has 0 saturated carbocycles. The van der Waals surface area contributed by atoms with Gasteiger partial charge in [0.25, 0.3) is 0 Å². The van der Waals surface area contributed by atoms with Gasteiger partial charge in [-0.2, -0.15) is 0 Å². The SMILES string of the molecule is CC(C)(CO)CNc1cccs1. The monoisotopic (exact) mass is 185 g/mol. The molecule has 3 heteroatoms. The van der Waals surface area contributed by atoms with Gasteiger partial charge in [-0.3, -0.25) is 0 Å². The number of thiophene rings is 1. The van der Waals surface area contributed by atoms with Crippen molar-refractivity contribution >= 4 is 16.3 Å². The molecule has 0 aliphatic heterocycles. The Hall–Kier alpha value is -0.540. The lowest BCUT2D eigenvalue weighted by atomic mass is 9.95. The molecule has 0 atom stereocenters. The van der Waals surface area contributed by atoms with Crippen LogP contribution in [0.15, 0.2) is 17.5 Å². The van der Waals surface area contributed by atoms with E-state index in [1.54, 1.807) is 11.3 Å². The van der Waals surface area contributed by atoms with E-state index in [2.05, 4.69) is 5.32 Å². The molecule has 0 radical (unpaired) electrons. The molecule has 1 aromatic rings. The van der Waals surface area contributed by atoms with E-state index in [0.29, 0.717) is 0 Å². The smallest absolute Gasteiger partial charge is 0.0882 e. The molecule has 1 aromatic heterocycles. The summed E-state index contributed by atoms with van der Waals surface area (Å²) in [7, 11) is 0. The third-order valence-electron chi connectivity index (χ3n) is 1.69. The first-order chi connectivity index (χ1) is 5.64. The minimum absolute atomic E-state index is 0.0377. The van der Waals surface area contributed by atoms with Crippen LogP contribution in [0, 0.1) is 5.41 Å². The van der Waals surface area contributed by atoms with Crippen molar-refractivity contribution in [1.29, 1.82) is 0 Å². The molecule has 0 aliphatic rings. The fourth-order valence-corrected chi connectivity index (χ4v) is 1.38. The van der Waals surface area contributed by atoms with Crippen molar-refractivity contribution in [2.75, 3.05) is 18.5 Å². The average Bonchev–Trinajstić information content (AvgIpc) is 2.53. The first kappa shape index (κ1) is 9.55. The molecule has 2 N–H and O–H groups in total. The second-order valence-electron chi connectivity index (χ2n) is 3.65. The number of rotatable bonds is 4. The van der Waals surface area contributed by atoms with Crippen molar-refractivity contribution < 1.29 is 5.11 Å². The van der Waals surface area contributed by atoms with E-state index < -0.39 is 0 Å². The Kier molecular flexibility index (Phi) is 3.12. The molecule has 0 unspecified atom stereocenters. The summed E-state index contributed by atoms with van der Waals surface area (Å²) >= 11 is 1.68. The van der Waals surface area contributed by atoms with Gasteiger partial charge in [-0.05, 0) is 17.5 Å². The van der Waals surface area contributed by atoms with E-state index in [4.69, 9.17) is 5.11 Å². The predicted octanol–water partition coefficient (Wildman–Crippen LogP) is 2.18. The van der Waals surface area contributed by atoms with Gasteiger partial charge in [0.05, 0.1) is 5.00 Å². The van der Waals surface area contributed by atoms with Crippen LogP contribution in [0.5, 0.6) is 0 Å². The van der Waals surface area contributed by atoms with Crippen LogP contribution in [0.25, 0.3) is 0 Å². The zero-order chi connectivity index (χ0) is 9.03. The van der Waals surface area contributed by atoms with Crippen molar-refractivity contribution in [2.24, 2.45) is 5.41 Å². The largest absolute Gasteiger partial charge is 0.396 e. The van der Waals surface area contributed by atoms with Gasteiger partial charge in [0.2, 0.25) is 0 Å². The van der Waals surface area contributed by atoms with Crippen LogP contribution in [-0.2, 0) is 0 Å². The molecule has 0 aromatic carbocycles. The molecule has 0 amide bonds. The minimum Gasteiger partial charge on any atom is -0.396 e. The lowest BCUT2D eigenvalue weighted by Crippen LogP contribution is -2.26. The topological polar surface area (TPSA) is 32.3 Å². The van der Waals surface area contributed by atoms with E-state index in [1.807, 2.05) is 31.4 Å². The maximum Gasteiger partial charge on any atom is 0.0882 e. The second-order valence-corrected chi connectivity index (χ2v) is 4.60. The summed E-state index contributed by atoms with van der Waals surface area (Å²) in [6.07, 6.45) is 0. The highest BCUT2D eigenvalue weighted by Gasteiger charge is 2.15. The lowest BCUT2D eigenvalue weighted by molar-refractivity contribution is 0.171. The van der Waals surface area contributed by atoms with Crippen LogP contribution in [0.3, 0.4) is 0 Å². The van der Waals surface area contributed by atoms with E-state index in [0.717, 1.165) is 11.5 Å². The first-order valence-electron chi connectivity index (χ1n) is 4.02. The Morgan fingerprint density at radius 2 is 2.33 bits per heavy atom. The van der Waals surface area contributed by atoms with E-state index >= 15 is 0 Å². The fraction of sp³-hybridized carbons (Fsp3) is 0.556. The zero-order valence-corrected chi connectivity index (χ0v) is 8.32. The van der Waals surface area contributed by atoms with Gasteiger partial charge < -0.3 is 10.4 Å². The minimum atomic E-state index is -0.0377. The van der Waals surface area contributed by atoms with E-state index in [-0.39, 0.29) is 12.0 Å². The molecule has 0 bridgehead atoms. The molecule has 0 aliphatic carbocycles. The summed E-state index contributed by atoms with van der Waals surface area (Å²) in [5.74, 6) is 0. The highest BCUT2D eigenvalue weighted by atomic mass is 32.1. The van der Waals surface area contributed by atoms with Crippen LogP contribution in [0.4, 0.5) is 5.00 Å². The molecule has 0 spiro atoms. The molecular weight excluding hydrogens is 170 g/mol. The summed E-state index contributed by atoms with van der Waals surface area (Å²) in [4.78, 5) is 0. The normalized spacial score (nSPS) is 11.6. The molecule has 1 rings (SSSR count). The van der Waals surface area contributed by atoms with Crippen molar-refractivity contribution in [1.82, 2.24) is 0 Å². The number of anilines is 1. The Labute approximate surface area is 77.2 Å². The van der Waals surface area contributed by atoms with Gasteiger partial charge in [0, 0.05) is 18.6 Å². The Bertz CT molecular complexity index is 218. The standard InChI is InChI=1S/C9H15NOS/c1-9(2,7-11)6-10-8-4-3-5-12-8/h3-5,10-11H,6-7H2,1-2H3. The first-order valence-corrected chi connectivity index (χ1v) is 4.90. The Morgan fingerprint density at radius 1 is 1.58 bits per heavy atom. The van der Waals surface area contributed by atoms with Crippen molar-refractivity contribution in [3.05, 3.63) is 17.5 Å². The Morgan fingerprint density at radius 3 is 2.83 bits per heavy atom. The third kappa shape index (κ3) is 2.83. The number of hydrogen-bond acceptors (Lipinski definition) is 3. The predicted molar refractivity (Wildman–Crippen MR) is 53.7 cm³/mol. The average molecular weight is 185 g/mol. The maximum absolute atomic E-state index is 8.99. The number of hydrogen-bond donors (Lipinski definition) is 2.